The summed E-state index contributed by atoms with van der Waals surface area (Å²) in [5, 5.41) is 14.0. The minimum atomic E-state index is -0.746. The Bertz CT molecular complexity index is 596. The second-order valence-corrected chi connectivity index (χ2v) is 7.72. The Balaban J connectivity index is 1.43. The van der Waals surface area contributed by atoms with Gasteiger partial charge in [-0.2, -0.15) is 0 Å². The number of carboxylic acid groups (broad SMARTS) is 1. The standard InChI is InChI=1S/C18H26N2O4/c21-17(22)18-11-20(9-14(18)6-7-23-12-18)10-15-8-16(19-24-15)13-4-2-1-3-5-13/h8,13-14H,1-7,9-12H2,(H,21,22)/t14-,18+/m0/s1. The number of carbonyl (C=O) groups is 1. The molecule has 0 aromatic carbocycles. The first-order chi connectivity index (χ1) is 11.7. The van der Waals surface area contributed by atoms with Gasteiger partial charge >= 0.3 is 5.97 Å². The molecule has 3 heterocycles. The van der Waals surface area contributed by atoms with Gasteiger partial charge in [-0.1, -0.05) is 24.4 Å². The Hall–Kier alpha value is -1.40. The number of ether oxygens (including phenoxy) is 1. The lowest BCUT2D eigenvalue weighted by Crippen LogP contribution is -2.46. The largest absolute Gasteiger partial charge is 0.481 e. The van der Waals surface area contributed by atoms with Gasteiger partial charge in [0.25, 0.3) is 0 Å². The number of rotatable bonds is 4. The van der Waals surface area contributed by atoms with E-state index in [1.165, 1.54) is 32.1 Å². The molecule has 6 heteroatoms. The van der Waals surface area contributed by atoms with Crippen LogP contribution in [0.4, 0.5) is 0 Å². The number of carboxylic acids is 1. The van der Waals surface area contributed by atoms with Crippen LogP contribution in [0.5, 0.6) is 0 Å². The molecule has 1 aromatic rings. The van der Waals surface area contributed by atoms with Crippen molar-refractivity contribution in [1.82, 2.24) is 10.1 Å². The van der Waals surface area contributed by atoms with Crippen LogP contribution < -0.4 is 0 Å². The fourth-order valence-corrected chi connectivity index (χ4v) is 4.73. The van der Waals surface area contributed by atoms with Gasteiger partial charge in [-0.05, 0) is 25.2 Å². The second-order valence-electron chi connectivity index (χ2n) is 7.72. The third-order valence-electron chi connectivity index (χ3n) is 6.14. The predicted molar refractivity (Wildman–Crippen MR) is 86.6 cm³/mol. The van der Waals surface area contributed by atoms with Crippen LogP contribution in [-0.4, -0.2) is 47.4 Å². The smallest absolute Gasteiger partial charge is 0.313 e. The second kappa shape index (κ2) is 6.48. The van der Waals surface area contributed by atoms with Crippen LogP contribution in [0.3, 0.4) is 0 Å². The maximum absolute atomic E-state index is 11.8. The Morgan fingerprint density at radius 3 is 2.92 bits per heavy atom. The van der Waals surface area contributed by atoms with E-state index in [9.17, 15) is 9.90 Å². The average Bonchev–Trinajstić information content (AvgIpc) is 3.20. The van der Waals surface area contributed by atoms with Gasteiger partial charge in [-0.15, -0.1) is 0 Å². The molecule has 6 nitrogen and oxygen atoms in total. The van der Waals surface area contributed by atoms with Gasteiger partial charge in [-0.3, -0.25) is 9.69 Å². The van der Waals surface area contributed by atoms with Gasteiger partial charge < -0.3 is 14.4 Å². The van der Waals surface area contributed by atoms with Crippen LogP contribution in [0.2, 0.25) is 0 Å². The van der Waals surface area contributed by atoms with Crippen LogP contribution in [-0.2, 0) is 16.1 Å². The fraction of sp³-hybridized carbons (Fsp3) is 0.778. The highest BCUT2D eigenvalue weighted by atomic mass is 16.5. The van der Waals surface area contributed by atoms with Crippen molar-refractivity contribution in [3.8, 4) is 0 Å². The van der Waals surface area contributed by atoms with E-state index in [-0.39, 0.29) is 5.92 Å². The molecule has 0 spiro atoms. The van der Waals surface area contributed by atoms with Crippen LogP contribution in [0.15, 0.2) is 10.6 Å². The molecule has 24 heavy (non-hydrogen) atoms. The van der Waals surface area contributed by atoms with Crippen molar-refractivity contribution in [2.45, 2.75) is 51.0 Å². The summed E-state index contributed by atoms with van der Waals surface area (Å²) in [4.78, 5) is 14.0. The number of aromatic nitrogens is 1. The lowest BCUT2D eigenvalue weighted by Gasteiger charge is -2.34. The summed E-state index contributed by atoms with van der Waals surface area (Å²) in [6.45, 7) is 2.97. The number of hydrogen-bond acceptors (Lipinski definition) is 5. The molecule has 1 saturated carbocycles. The van der Waals surface area contributed by atoms with Crippen molar-refractivity contribution in [3.63, 3.8) is 0 Å². The molecule has 3 fully saturated rings. The van der Waals surface area contributed by atoms with E-state index < -0.39 is 11.4 Å². The Morgan fingerprint density at radius 2 is 2.17 bits per heavy atom. The molecule has 1 aromatic heterocycles. The lowest BCUT2D eigenvalue weighted by molar-refractivity contribution is -0.159. The zero-order valence-electron chi connectivity index (χ0n) is 14.1. The summed E-state index contributed by atoms with van der Waals surface area (Å²) >= 11 is 0. The van der Waals surface area contributed by atoms with Crippen LogP contribution >= 0.6 is 0 Å². The maximum Gasteiger partial charge on any atom is 0.313 e. The molecular formula is C18H26N2O4. The van der Waals surface area contributed by atoms with Gasteiger partial charge in [0.2, 0.25) is 0 Å². The summed E-state index contributed by atoms with van der Waals surface area (Å²) in [6.07, 6.45) is 7.13. The first-order valence-corrected chi connectivity index (χ1v) is 9.16. The summed E-state index contributed by atoms with van der Waals surface area (Å²) in [6, 6.07) is 2.09. The van der Waals surface area contributed by atoms with Crippen molar-refractivity contribution in [2.24, 2.45) is 11.3 Å². The Kier molecular flexibility index (Phi) is 4.35. The van der Waals surface area contributed by atoms with Crippen molar-refractivity contribution in [1.29, 1.82) is 0 Å². The summed E-state index contributed by atoms with van der Waals surface area (Å²) in [5.74, 6) is 0.839. The van der Waals surface area contributed by atoms with Crippen LogP contribution in [0, 0.1) is 11.3 Å². The third-order valence-corrected chi connectivity index (χ3v) is 6.14. The molecule has 4 rings (SSSR count). The van der Waals surface area contributed by atoms with Crippen molar-refractivity contribution in [3.05, 3.63) is 17.5 Å². The van der Waals surface area contributed by atoms with E-state index in [0.717, 1.165) is 24.4 Å². The molecule has 3 aliphatic rings. The van der Waals surface area contributed by atoms with E-state index in [0.29, 0.717) is 32.2 Å². The molecule has 2 atom stereocenters. The van der Waals surface area contributed by atoms with Crippen molar-refractivity contribution < 1.29 is 19.2 Å². The van der Waals surface area contributed by atoms with Gasteiger partial charge in [0.05, 0.1) is 18.8 Å². The van der Waals surface area contributed by atoms with Gasteiger partial charge in [0.15, 0.2) is 5.76 Å². The van der Waals surface area contributed by atoms with Crippen LogP contribution in [0.25, 0.3) is 0 Å². The summed E-state index contributed by atoms with van der Waals surface area (Å²) in [5.41, 5.74) is 0.336. The normalized spacial score (nSPS) is 31.9. The summed E-state index contributed by atoms with van der Waals surface area (Å²) < 4.78 is 11.0. The highest BCUT2D eigenvalue weighted by Gasteiger charge is 2.54. The predicted octanol–water partition coefficient (Wildman–Crippen LogP) is 2.65. The lowest BCUT2D eigenvalue weighted by atomic mass is 9.76. The van der Waals surface area contributed by atoms with E-state index in [1.54, 1.807) is 0 Å². The molecule has 1 N–H and O–H groups in total. The van der Waals surface area contributed by atoms with E-state index in [2.05, 4.69) is 16.1 Å². The first kappa shape index (κ1) is 16.1. The summed E-state index contributed by atoms with van der Waals surface area (Å²) in [7, 11) is 0. The highest BCUT2D eigenvalue weighted by Crippen LogP contribution is 2.42. The molecule has 1 aliphatic carbocycles. The Morgan fingerprint density at radius 1 is 1.33 bits per heavy atom. The molecule has 0 unspecified atom stereocenters. The Labute approximate surface area is 142 Å². The van der Waals surface area contributed by atoms with E-state index in [4.69, 9.17) is 9.26 Å². The highest BCUT2D eigenvalue weighted by molar-refractivity contribution is 5.76. The molecule has 2 aliphatic heterocycles. The topological polar surface area (TPSA) is 75.8 Å². The molecule has 0 radical (unpaired) electrons. The minimum absolute atomic E-state index is 0.171. The van der Waals surface area contributed by atoms with Crippen molar-refractivity contribution >= 4 is 5.97 Å². The maximum atomic E-state index is 11.8. The zero-order chi connectivity index (χ0) is 16.6. The van der Waals surface area contributed by atoms with Gasteiger partial charge in [0.1, 0.15) is 5.41 Å². The molecule has 0 bridgehead atoms. The number of likely N-dealkylation sites (tertiary alicyclic amines) is 1. The quantitative estimate of drug-likeness (QED) is 0.912. The number of aliphatic carboxylic acids is 1. The van der Waals surface area contributed by atoms with Gasteiger partial charge in [-0.25, -0.2) is 0 Å². The SMILES string of the molecule is O=C(O)[C@]12COCC[C@H]1CN(Cc1cc(C3CCCCC3)no1)C2. The molecule has 132 valence electrons. The molecular weight excluding hydrogens is 308 g/mol. The average molecular weight is 334 g/mol. The number of hydrogen-bond donors (Lipinski definition) is 1. The minimum Gasteiger partial charge on any atom is -0.481 e. The number of fused-ring (bicyclic) bond motifs is 1. The van der Waals surface area contributed by atoms with Crippen LogP contribution in [0.1, 0.15) is 55.9 Å². The first-order valence-electron chi connectivity index (χ1n) is 9.16. The van der Waals surface area contributed by atoms with E-state index >= 15 is 0 Å². The van der Waals surface area contributed by atoms with E-state index in [1.807, 2.05) is 0 Å². The molecule has 2 saturated heterocycles. The number of nitrogens with zero attached hydrogens (tertiary/aromatic N) is 2. The fourth-order valence-electron chi connectivity index (χ4n) is 4.73. The molecule has 0 amide bonds. The monoisotopic (exact) mass is 334 g/mol. The zero-order valence-corrected chi connectivity index (χ0v) is 14.1. The van der Waals surface area contributed by atoms with Gasteiger partial charge in [0, 0.05) is 31.7 Å². The third kappa shape index (κ3) is 2.86. The van der Waals surface area contributed by atoms with Crippen molar-refractivity contribution in [2.75, 3.05) is 26.3 Å².